The molecule has 0 radical (unpaired) electrons. The van der Waals surface area contributed by atoms with Crippen molar-refractivity contribution in [1.29, 1.82) is 0 Å². The summed E-state index contributed by atoms with van der Waals surface area (Å²) >= 11 is 0. The van der Waals surface area contributed by atoms with Gasteiger partial charge in [-0.3, -0.25) is 4.79 Å². The van der Waals surface area contributed by atoms with Gasteiger partial charge in [-0.25, -0.2) is 0 Å². The first kappa shape index (κ1) is 11.9. The quantitative estimate of drug-likeness (QED) is 0.648. The minimum atomic E-state index is 0.0999. The molecule has 74 valence electrons. The lowest BCUT2D eigenvalue weighted by Gasteiger charge is -2.09. The average molecular weight is 181 g/mol. The van der Waals surface area contributed by atoms with Crippen LogP contribution in [0.25, 0.3) is 0 Å². The maximum absolute atomic E-state index is 11.3. The van der Waals surface area contributed by atoms with Gasteiger partial charge in [-0.1, -0.05) is 32.6 Å². The fourth-order valence-electron chi connectivity index (χ4n) is 0.841. The highest BCUT2D eigenvalue weighted by atomic mass is 16.1. The Morgan fingerprint density at radius 2 is 2.23 bits per heavy atom. The molecule has 2 nitrogen and oxygen atoms in total. The highest BCUT2D eigenvalue weighted by Gasteiger charge is 2.08. The Morgan fingerprint density at radius 3 is 2.62 bits per heavy atom. The maximum Gasteiger partial charge on any atom is 0.223 e. The van der Waals surface area contributed by atoms with E-state index in [-0.39, 0.29) is 11.8 Å². The molecule has 0 aliphatic rings. The zero-order chi connectivity index (χ0) is 10.3. The summed E-state index contributed by atoms with van der Waals surface area (Å²) in [4.78, 5) is 11.3. The Labute approximate surface area is 80.7 Å². The second kappa shape index (κ2) is 6.46. The van der Waals surface area contributed by atoms with E-state index in [2.05, 4.69) is 11.9 Å². The van der Waals surface area contributed by atoms with Gasteiger partial charge in [-0.2, -0.15) is 0 Å². The molecule has 0 aromatic rings. The summed E-state index contributed by atoms with van der Waals surface area (Å²) in [6.45, 7) is 10.1. The van der Waals surface area contributed by atoms with Crippen LogP contribution >= 0.6 is 0 Å². The van der Waals surface area contributed by atoms with Crippen LogP contribution in [-0.4, -0.2) is 12.5 Å². The lowest BCUT2D eigenvalue weighted by Crippen LogP contribution is -2.30. The van der Waals surface area contributed by atoms with Crippen molar-refractivity contribution in [2.24, 2.45) is 5.92 Å². The van der Waals surface area contributed by atoms with E-state index in [0.29, 0.717) is 6.54 Å². The first-order valence-electron chi connectivity index (χ1n) is 4.71. The van der Waals surface area contributed by atoms with E-state index in [4.69, 9.17) is 0 Å². The SMILES string of the molecule is C=C/C(=C/C)CNC(=O)C(C)CC. The van der Waals surface area contributed by atoms with Gasteiger partial charge in [0.05, 0.1) is 0 Å². The fraction of sp³-hybridized carbons (Fsp3) is 0.545. The van der Waals surface area contributed by atoms with Crippen LogP contribution in [0, 0.1) is 5.92 Å². The summed E-state index contributed by atoms with van der Waals surface area (Å²) in [6.07, 6.45) is 4.59. The van der Waals surface area contributed by atoms with Gasteiger partial charge in [0.15, 0.2) is 0 Å². The molecule has 0 rings (SSSR count). The van der Waals surface area contributed by atoms with Gasteiger partial charge in [-0.05, 0) is 18.9 Å². The minimum Gasteiger partial charge on any atom is -0.352 e. The molecule has 1 N–H and O–H groups in total. The van der Waals surface area contributed by atoms with Gasteiger partial charge in [0, 0.05) is 12.5 Å². The zero-order valence-corrected chi connectivity index (χ0v) is 8.76. The molecule has 0 aliphatic carbocycles. The molecule has 0 bridgehead atoms. The van der Waals surface area contributed by atoms with E-state index in [0.717, 1.165) is 12.0 Å². The van der Waals surface area contributed by atoms with Crippen molar-refractivity contribution < 1.29 is 4.79 Å². The topological polar surface area (TPSA) is 29.1 Å². The molecule has 0 aromatic carbocycles. The molecule has 0 saturated carbocycles. The molecule has 13 heavy (non-hydrogen) atoms. The highest BCUT2D eigenvalue weighted by molar-refractivity contribution is 5.78. The van der Waals surface area contributed by atoms with Crippen molar-refractivity contribution >= 4 is 5.91 Å². The van der Waals surface area contributed by atoms with Gasteiger partial charge < -0.3 is 5.32 Å². The Hall–Kier alpha value is -1.05. The molecule has 2 heteroatoms. The largest absolute Gasteiger partial charge is 0.352 e. The normalized spacial score (nSPS) is 13.6. The number of hydrogen-bond donors (Lipinski definition) is 1. The Kier molecular flexibility index (Phi) is 5.94. The predicted molar refractivity (Wildman–Crippen MR) is 56.4 cm³/mol. The predicted octanol–water partition coefficient (Wildman–Crippen LogP) is 2.28. The van der Waals surface area contributed by atoms with Crippen LogP contribution in [0.2, 0.25) is 0 Å². The first-order valence-corrected chi connectivity index (χ1v) is 4.71. The second-order valence-electron chi connectivity index (χ2n) is 3.09. The van der Waals surface area contributed by atoms with Crippen LogP contribution in [0.1, 0.15) is 27.2 Å². The number of amides is 1. The third-order valence-electron chi connectivity index (χ3n) is 2.16. The van der Waals surface area contributed by atoms with Gasteiger partial charge in [-0.15, -0.1) is 0 Å². The number of rotatable bonds is 5. The second-order valence-corrected chi connectivity index (χ2v) is 3.09. The van der Waals surface area contributed by atoms with Crippen molar-refractivity contribution in [1.82, 2.24) is 5.32 Å². The van der Waals surface area contributed by atoms with Gasteiger partial charge in [0.2, 0.25) is 5.91 Å². The molecule has 1 amide bonds. The van der Waals surface area contributed by atoms with E-state index in [1.54, 1.807) is 6.08 Å². The number of carbonyl (C=O) groups excluding carboxylic acids is 1. The Morgan fingerprint density at radius 1 is 1.62 bits per heavy atom. The Balaban J connectivity index is 3.88. The third-order valence-corrected chi connectivity index (χ3v) is 2.16. The van der Waals surface area contributed by atoms with Crippen LogP contribution in [0.3, 0.4) is 0 Å². The van der Waals surface area contributed by atoms with E-state index in [1.807, 2.05) is 26.8 Å². The number of nitrogens with one attached hydrogen (secondary N) is 1. The minimum absolute atomic E-state index is 0.0999. The lowest BCUT2D eigenvalue weighted by atomic mass is 10.1. The van der Waals surface area contributed by atoms with Crippen LogP contribution in [0.4, 0.5) is 0 Å². The summed E-state index contributed by atoms with van der Waals surface area (Å²) < 4.78 is 0. The summed E-state index contributed by atoms with van der Waals surface area (Å²) in [5, 5.41) is 2.86. The van der Waals surface area contributed by atoms with E-state index < -0.39 is 0 Å². The first-order chi connectivity index (χ1) is 6.15. The van der Waals surface area contributed by atoms with Gasteiger partial charge in [0.1, 0.15) is 0 Å². The summed E-state index contributed by atoms with van der Waals surface area (Å²) in [5.74, 6) is 0.214. The van der Waals surface area contributed by atoms with Crippen LogP contribution < -0.4 is 5.32 Å². The monoisotopic (exact) mass is 181 g/mol. The van der Waals surface area contributed by atoms with E-state index >= 15 is 0 Å². The average Bonchev–Trinajstić information content (AvgIpc) is 2.17. The van der Waals surface area contributed by atoms with E-state index in [1.165, 1.54) is 0 Å². The molecule has 1 unspecified atom stereocenters. The van der Waals surface area contributed by atoms with Crippen molar-refractivity contribution in [3.63, 3.8) is 0 Å². The zero-order valence-electron chi connectivity index (χ0n) is 8.76. The Bertz CT molecular complexity index is 206. The molecule has 0 aromatic heterocycles. The van der Waals surface area contributed by atoms with Crippen molar-refractivity contribution in [3.05, 3.63) is 24.3 Å². The standard InChI is InChI=1S/C11H19NO/c1-5-9(4)11(13)12-8-10(6-2)7-3/h6-7,9H,2,5,8H2,1,3-4H3,(H,12,13)/b10-7-. The number of allylic oxidation sites excluding steroid dienone is 1. The summed E-state index contributed by atoms with van der Waals surface area (Å²) in [5.41, 5.74) is 1.05. The fourth-order valence-corrected chi connectivity index (χ4v) is 0.841. The highest BCUT2D eigenvalue weighted by Crippen LogP contribution is 2.00. The van der Waals surface area contributed by atoms with Crippen LogP contribution in [0.5, 0.6) is 0 Å². The van der Waals surface area contributed by atoms with Crippen molar-refractivity contribution in [3.8, 4) is 0 Å². The maximum atomic E-state index is 11.3. The molecule has 0 spiro atoms. The smallest absolute Gasteiger partial charge is 0.223 e. The van der Waals surface area contributed by atoms with E-state index in [9.17, 15) is 4.79 Å². The molecular weight excluding hydrogens is 162 g/mol. The third kappa shape index (κ3) is 4.51. The molecule has 0 fully saturated rings. The van der Waals surface area contributed by atoms with Crippen molar-refractivity contribution in [2.45, 2.75) is 27.2 Å². The van der Waals surface area contributed by atoms with Crippen LogP contribution in [-0.2, 0) is 4.79 Å². The van der Waals surface area contributed by atoms with Crippen LogP contribution in [0.15, 0.2) is 24.3 Å². The summed E-state index contributed by atoms with van der Waals surface area (Å²) in [6, 6.07) is 0. The number of carbonyl (C=O) groups is 1. The van der Waals surface area contributed by atoms with Gasteiger partial charge in [0.25, 0.3) is 0 Å². The molecule has 0 saturated heterocycles. The molecule has 0 aliphatic heterocycles. The summed E-state index contributed by atoms with van der Waals surface area (Å²) in [7, 11) is 0. The molecule has 0 heterocycles. The lowest BCUT2D eigenvalue weighted by molar-refractivity contribution is -0.124. The van der Waals surface area contributed by atoms with Gasteiger partial charge >= 0.3 is 0 Å². The van der Waals surface area contributed by atoms with Crippen molar-refractivity contribution in [2.75, 3.05) is 6.54 Å². The number of hydrogen-bond acceptors (Lipinski definition) is 1. The molecule has 1 atom stereocenters. The molecular formula is C11H19NO.